The van der Waals surface area contributed by atoms with Crippen LogP contribution < -0.4 is 0 Å². The van der Waals surface area contributed by atoms with Gasteiger partial charge in [-0.1, -0.05) is 272 Å². The Labute approximate surface area is 387 Å². The van der Waals surface area contributed by atoms with Crippen molar-refractivity contribution in [3.8, 4) is 0 Å². The predicted molar refractivity (Wildman–Crippen MR) is 266 cm³/mol. The molecule has 0 N–H and O–H groups in total. The SMILES string of the molecule is CCCCCCCCCCCCCCCCCCCCC(=O)OC[C@H](COC(=O)CCCCCCCCCC(C)C)OC(=O)CCCCCCCCCCCCCCCC(C)C. The van der Waals surface area contributed by atoms with Crippen LogP contribution in [0.15, 0.2) is 0 Å². The van der Waals surface area contributed by atoms with Crippen molar-refractivity contribution in [2.24, 2.45) is 11.8 Å². The van der Waals surface area contributed by atoms with Crippen molar-refractivity contribution in [3.63, 3.8) is 0 Å². The molecule has 0 aliphatic heterocycles. The molecule has 6 nitrogen and oxygen atoms in total. The molecule has 1 atom stereocenters. The van der Waals surface area contributed by atoms with Crippen molar-refractivity contribution < 1.29 is 28.6 Å². The first-order chi connectivity index (χ1) is 30.2. The van der Waals surface area contributed by atoms with Gasteiger partial charge in [-0.05, 0) is 31.1 Å². The number of ether oxygens (including phenoxy) is 3. The summed E-state index contributed by atoms with van der Waals surface area (Å²) in [5, 5.41) is 0. The van der Waals surface area contributed by atoms with Gasteiger partial charge >= 0.3 is 17.9 Å². The Morgan fingerprint density at radius 1 is 0.306 bits per heavy atom. The summed E-state index contributed by atoms with van der Waals surface area (Å²) in [4.78, 5) is 38.0. The van der Waals surface area contributed by atoms with Gasteiger partial charge < -0.3 is 14.2 Å². The zero-order valence-corrected chi connectivity index (χ0v) is 42.5. The van der Waals surface area contributed by atoms with Gasteiger partial charge in [0.15, 0.2) is 6.10 Å². The smallest absolute Gasteiger partial charge is 0.306 e. The van der Waals surface area contributed by atoms with Crippen LogP contribution in [0.5, 0.6) is 0 Å². The Hall–Kier alpha value is -1.59. The van der Waals surface area contributed by atoms with Gasteiger partial charge in [-0.2, -0.15) is 0 Å². The van der Waals surface area contributed by atoms with Crippen LogP contribution >= 0.6 is 0 Å². The maximum absolute atomic E-state index is 12.8. The van der Waals surface area contributed by atoms with E-state index in [4.69, 9.17) is 14.2 Å². The molecule has 0 aliphatic rings. The molecule has 0 rings (SSSR count). The average Bonchev–Trinajstić information content (AvgIpc) is 3.24. The van der Waals surface area contributed by atoms with Crippen LogP contribution in [-0.2, 0) is 28.6 Å². The van der Waals surface area contributed by atoms with Crippen molar-refractivity contribution in [3.05, 3.63) is 0 Å². The Balaban J connectivity index is 4.25. The number of carbonyl (C=O) groups is 3. The topological polar surface area (TPSA) is 78.9 Å². The predicted octanol–water partition coefficient (Wildman–Crippen LogP) is 18.1. The molecule has 368 valence electrons. The van der Waals surface area contributed by atoms with E-state index in [9.17, 15) is 14.4 Å². The number of hydrogen-bond acceptors (Lipinski definition) is 6. The molecule has 62 heavy (non-hydrogen) atoms. The van der Waals surface area contributed by atoms with Gasteiger partial charge in [0.25, 0.3) is 0 Å². The van der Waals surface area contributed by atoms with Crippen LogP contribution in [0, 0.1) is 11.8 Å². The highest BCUT2D eigenvalue weighted by Crippen LogP contribution is 2.18. The first-order valence-electron chi connectivity index (χ1n) is 27.7. The van der Waals surface area contributed by atoms with E-state index < -0.39 is 6.10 Å². The summed E-state index contributed by atoms with van der Waals surface area (Å²) in [7, 11) is 0. The van der Waals surface area contributed by atoms with Crippen LogP contribution in [0.2, 0.25) is 0 Å². The fourth-order valence-corrected chi connectivity index (χ4v) is 8.52. The summed E-state index contributed by atoms with van der Waals surface area (Å²) < 4.78 is 16.8. The molecule has 0 spiro atoms. The molecule has 0 aromatic heterocycles. The van der Waals surface area contributed by atoms with E-state index in [1.54, 1.807) is 0 Å². The fourth-order valence-electron chi connectivity index (χ4n) is 8.52. The van der Waals surface area contributed by atoms with Gasteiger partial charge in [0, 0.05) is 19.3 Å². The number of carbonyl (C=O) groups excluding carboxylic acids is 3. The lowest BCUT2D eigenvalue weighted by Gasteiger charge is -2.18. The molecule has 0 saturated heterocycles. The van der Waals surface area contributed by atoms with Gasteiger partial charge in [-0.25, -0.2) is 0 Å². The molecule has 0 heterocycles. The first kappa shape index (κ1) is 60.4. The summed E-state index contributed by atoms with van der Waals surface area (Å²) in [6, 6.07) is 0. The molecule has 6 heteroatoms. The minimum absolute atomic E-state index is 0.0636. The monoisotopic (exact) mass is 877 g/mol. The summed E-state index contributed by atoms with van der Waals surface area (Å²) in [5.74, 6) is 0.773. The third kappa shape index (κ3) is 49.4. The molecule has 0 aliphatic carbocycles. The number of rotatable bonds is 50. The highest BCUT2D eigenvalue weighted by Gasteiger charge is 2.19. The second kappa shape index (κ2) is 48.9. The third-order valence-electron chi connectivity index (χ3n) is 12.7. The summed E-state index contributed by atoms with van der Waals surface area (Å²) in [5.41, 5.74) is 0. The lowest BCUT2D eigenvalue weighted by molar-refractivity contribution is -0.167. The van der Waals surface area contributed by atoms with Crippen LogP contribution in [0.4, 0.5) is 0 Å². The van der Waals surface area contributed by atoms with Gasteiger partial charge in [0.05, 0.1) is 0 Å². The highest BCUT2D eigenvalue weighted by molar-refractivity contribution is 5.71. The van der Waals surface area contributed by atoms with Crippen LogP contribution in [0.1, 0.15) is 311 Å². The molecule has 0 radical (unpaired) electrons. The van der Waals surface area contributed by atoms with Crippen LogP contribution in [0.3, 0.4) is 0 Å². The molecular formula is C56H108O6. The standard InChI is InChI=1S/C56H108O6/c1-6-7-8-9-10-11-12-13-14-15-16-17-20-23-26-31-36-41-46-54(57)60-49-53(50-61-55(58)47-42-37-33-28-30-35-40-45-52(4)5)62-56(59)48-43-38-32-27-24-21-18-19-22-25-29-34-39-44-51(2)3/h51-53H,6-50H2,1-5H3/t53-/m1/s1. The Morgan fingerprint density at radius 2 is 0.532 bits per heavy atom. The van der Waals surface area contributed by atoms with E-state index in [1.165, 1.54) is 199 Å². The Morgan fingerprint density at radius 3 is 0.790 bits per heavy atom. The average molecular weight is 877 g/mol. The fraction of sp³-hybridized carbons (Fsp3) is 0.946. The quantitative estimate of drug-likeness (QED) is 0.0344. The Kier molecular flexibility index (Phi) is 47.6. The van der Waals surface area contributed by atoms with Gasteiger partial charge in [-0.3, -0.25) is 14.4 Å². The highest BCUT2D eigenvalue weighted by atomic mass is 16.6. The summed E-state index contributed by atoms with van der Waals surface area (Å²) in [6.07, 6.45) is 51.0. The van der Waals surface area contributed by atoms with E-state index in [-0.39, 0.29) is 31.1 Å². The normalized spacial score (nSPS) is 12.0. The largest absolute Gasteiger partial charge is 0.462 e. The van der Waals surface area contributed by atoms with E-state index in [2.05, 4.69) is 34.6 Å². The van der Waals surface area contributed by atoms with E-state index in [0.717, 1.165) is 69.6 Å². The zero-order valence-electron chi connectivity index (χ0n) is 42.5. The van der Waals surface area contributed by atoms with Crippen molar-refractivity contribution in [2.75, 3.05) is 13.2 Å². The molecule has 0 aromatic carbocycles. The molecule has 0 bridgehead atoms. The van der Waals surface area contributed by atoms with Crippen LogP contribution in [-0.4, -0.2) is 37.2 Å². The second-order valence-electron chi connectivity index (χ2n) is 20.2. The zero-order chi connectivity index (χ0) is 45.4. The lowest BCUT2D eigenvalue weighted by Crippen LogP contribution is -2.30. The number of esters is 3. The summed E-state index contributed by atoms with van der Waals surface area (Å²) >= 11 is 0. The van der Waals surface area contributed by atoms with Crippen LogP contribution in [0.25, 0.3) is 0 Å². The first-order valence-corrected chi connectivity index (χ1v) is 27.7. The maximum atomic E-state index is 12.8. The molecular weight excluding hydrogens is 769 g/mol. The minimum Gasteiger partial charge on any atom is -0.462 e. The van der Waals surface area contributed by atoms with E-state index >= 15 is 0 Å². The molecule has 0 fully saturated rings. The summed E-state index contributed by atoms with van der Waals surface area (Å²) in [6.45, 7) is 11.4. The van der Waals surface area contributed by atoms with E-state index in [0.29, 0.717) is 19.3 Å². The lowest BCUT2D eigenvalue weighted by atomic mass is 10.0. The van der Waals surface area contributed by atoms with Crippen molar-refractivity contribution in [2.45, 2.75) is 317 Å². The maximum Gasteiger partial charge on any atom is 0.306 e. The van der Waals surface area contributed by atoms with Gasteiger partial charge in [-0.15, -0.1) is 0 Å². The third-order valence-corrected chi connectivity index (χ3v) is 12.7. The molecule has 0 amide bonds. The number of hydrogen-bond donors (Lipinski definition) is 0. The van der Waals surface area contributed by atoms with Crippen molar-refractivity contribution >= 4 is 17.9 Å². The van der Waals surface area contributed by atoms with Gasteiger partial charge in [0.1, 0.15) is 13.2 Å². The number of unbranched alkanes of at least 4 members (excludes halogenated alkanes) is 35. The molecule has 0 saturated carbocycles. The Bertz CT molecular complexity index is 947. The van der Waals surface area contributed by atoms with E-state index in [1.807, 2.05) is 0 Å². The molecule has 0 aromatic rings. The molecule has 0 unspecified atom stereocenters. The van der Waals surface area contributed by atoms with Crippen molar-refractivity contribution in [1.29, 1.82) is 0 Å². The van der Waals surface area contributed by atoms with Crippen molar-refractivity contribution in [1.82, 2.24) is 0 Å². The van der Waals surface area contributed by atoms with Gasteiger partial charge in [0.2, 0.25) is 0 Å². The minimum atomic E-state index is -0.762. The second-order valence-corrected chi connectivity index (χ2v) is 20.2.